The molecule has 0 unspecified atom stereocenters. The number of nitrogens with zero attached hydrogens (tertiary/aromatic N) is 2. The molecule has 110 valence electrons. The Balaban J connectivity index is 0.00000324. The standard InChI is InChI=1S/C13H24N4S.HI/c1-5-7-15-13(14-6-2)16-8-12-17-11(9-18-12)10(3)4;/h9-10H,5-8H2,1-4H3,(H2,14,15,16);1H. The largest absolute Gasteiger partial charge is 0.357 e. The molecule has 1 aromatic rings. The average molecular weight is 396 g/mol. The first-order valence-corrected chi connectivity index (χ1v) is 7.51. The van der Waals surface area contributed by atoms with E-state index in [1.807, 2.05) is 0 Å². The number of hydrogen-bond donors (Lipinski definition) is 2. The molecule has 0 aliphatic carbocycles. The zero-order chi connectivity index (χ0) is 13.4. The molecule has 0 radical (unpaired) electrons. The number of aromatic nitrogens is 1. The van der Waals surface area contributed by atoms with Crippen LogP contribution < -0.4 is 10.6 Å². The molecule has 0 aromatic carbocycles. The SMILES string of the molecule is CCCNC(=NCc1nc(C(C)C)cs1)NCC.I. The average Bonchev–Trinajstić information content (AvgIpc) is 2.81. The zero-order valence-electron chi connectivity index (χ0n) is 12.2. The van der Waals surface area contributed by atoms with Crippen molar-refractivity contribution in [1.82, 2.24) is 15.6 Å². The molecule has 6 heteroatoms. The van der Waals surface area contributed by atoms with Gasteiger partial charge in [0.2, 0.25) is 0 Å². The van der Waals surface area contributed by atoms with Gasteiger partial charge >= 0.3 is 0 Å². The lowest BCUT2D eigenvalue weighted by Crippen LogP contribution is -2.37. The highest BCUT2D eigenvalue weighted by atomic mass is 127. The summed E-state index contributed by atoms with van der Waals surface area (Å²) < 4.78 is 0. The molecule has 0 spiro atoms. The van der Waals surface area contributed by atoms with E-state index in [1.54, 1.807) is 11.3 Å². The van der Waals surface area contributed by atoms with Crippen LogP contribution in [0.1, 0.15) is 50.7 Å². The van der Waals surface area contributed by atoms with E-state index in [4.69, 9.17) is 0 Å². The maximum absolute atomic E-state index is 4.58. The molecule has 0 atom stereocenters. The Kier molecular flexibility index (Phi) is 10.2. The smallest absolute Gasteiger partial charge is 0.191 e. The van der Waals surface area contributed by atoms with Gasteiger partial charge in [-0.1, -0.05) is 20.8 Å². The van der Waals surface area contributed by atoms with E-state index in [0.29, 0.717) is 12.5 Å². The zero-order valence-corrected chi connectivity index (χ0v) is 15.3. The maximum atomic E-state index is 4.58. The number of thiazole rings is 1. The van der Waals surface area contributed by atoms with Crippen LogP contribution in [0.3, 0.4) is 0 Å². The van der Waals surface area contributed by atoms with E-state index >= 15 is 0 Å². The molecule has 1 aromatic heterocycles. The summed E-state index contributed by atoms with van der Waals surface area (Å²) in [5.74, 6) is 1.37. The van der Waals surface area contributed by atoms with Crippen LogP contribution in [0.15, 0.2) is 10.4 Å². The quantitative estimate of drug-likeness (QED) is 0.441. The predicted octanol–water partition coefficient (Wildman–Crippen LogP) is 3.35. The van der Waals surface area contributed by atoms with E-state index < -0.39 is 0 Å². The van der Waals surface area contributed by atoms with Gasteiger partial charge in [-0.15, -0.1) is 35.3 Å². The summed E-state index contributed by atoms with van der Waals surface area (Å²) in [4.78, 5) is 9.11. The van der Waals surface area contributed by atoms with Crippen molar-refractivity contribution in [2.75, 3.05) is 13.1 Å². The summed E-state index contributed by atoms with van der Waals surface area (Å²) in [5, 5.41) is 9.72. The van der Waals surface area contributed by atoms with Crippen molar-refractivity contribution in [1.29, 1.82) is 0 Å². The fourth-order valence-electron chi connectivity index (χ4n) is 1.39. The monoisotopic (exact) mass is 396 g/mol. The first kappa shape index (κ1) is 18.6. The van der Waals surface area contributed by atoms with Crippen LogP contribution in [0.5, 0.6) is 0 Å². The first-order chi connectivity index (χ1) is 8.67. The fourth-order valence-corrected chi connectivity index (χ4v) is 2.27. The molecule has 1 rings (SSSR count). The molecule has 0 fully saturated rings. The molecule has 4 nitrogen and oxygen atoms in total. The summed E-state index contributed by atoms with van der Waals surface area (Å²) in [7, 11) is 0. The molecular formula is C13H25IN4S. The van der Waals surface area contributed by atoms with Crippen molar-refractivity contribution >= 4 is 41.3 Å². The van der Waals surface area contributed by atoms with Gasteiger partial charge in [-0.3, -0.25) is 0 Å². The number of rotatable bonds is 6. The van der Waals surface area contributed by atoms with Crippen molar-refractivity contribution in [3.05, 3.63) is 16.1 Å². The van der Waals surface area contributed by atoms with Gasteiger partial charge in [0.05, 0.1) is 12.2 Å². The van der Waals surface area contributed by atoms with Crippen LogP contribution in [-0.2, 0) is 6.54 Å². The van der Waals surface area contributed by atoms with Crippen LogP contribution in [0.2, 0.25) is 0 Å². The third-order valence-electron chi connectivity index (χ3n) is 2.42. The third-order valence-corrected chi connectivity index (χ3v) is 3.27. The minimum Gasteiger partial charge on any atom is -0.357 e. The Labute approximate surface area is 137 Å². The Morgan fingerprint density at radius 3 is 2.63 bits per heavy atom. The molecule has 0 amide bonds. The molecule has 1 heterocycles. The van der Waals surface area contributed by atoms with E-state index in [0.717, 1.165) is 36.2 Å². The fraction of sp³-hybridized carbons (Fsp3) is 0.692. The van der Waals surface area contributed by atoms with Crippen molar-refractivity contribution < 1.29 is 0 Å². The molecule has 2 N–H and O–H groups in total. The summed E-state index contributed by atoms with van der Waals surface area (Å²) >= 11 is 1.69. The summed E-state index contributed by atoms with van der Waals surface area (Å²) in [6.45, 7) is 11.0. The molecule has 0 aliphatic rings. The lowest BCUT2D eigenvalue weighted by Gasteiger charge is -2.09. The second-order valence-electron chi connectivity index (χ2n) is 4.44. The van der Waals surface area contributed by atoms with Gasteiger partial charge in [-0.2, -0.15) is 0 Å². The number of halogens is 1. The van der Waals surface area contributed by atoms with Gasteiger partial charge in [-0.25, -0.2) is 9.98 Å². The van der Waals surface area contributed by atoms with Gasteiger partial charge in [0, 0.05) is 18.5 Å². The van der Waals surface area contributed by atoms with Crippen LogP contribution >= 0.6 is 35.3 Å². The number of aliphatic imine (C=N–C) groups is 1. The molecule has 0 bridgehead atoms. The Morgan fingerprint density at radius 1 is 1.37 bits per heavy atom. The van der Waals surface area contributed by atoms with E-state index in [2.05, 4.69) is 53.7 Å². The minimum atomic E-state index is 0. The van der Waals surface area contributed by atoms with Gasteiger partial charge in [0.1, 0.15) is 5.01 Å². The van der Waals surface area contributed by atoms with E-state index in [9.17, 15) is 0 Å². The molecule has 0 saturated carbocycles. The summed E-state index contributed by atoms with van der Waals surface area (Å²) in [6.07, 6.45) is 1.10. The highest BCUT2D eigenvalue weighted by Crippen LogP contribution is 2.18. The Bertz CT molecular complexity index is 376. The lowest BCUT2D eigenvalue weighted by molar-refractivity contribution is 0.782. The van der Waals surface area contributed by atoms with Gasteiger partial charge in [0.25, 0.3) is 0 Å². The van der Waals surface area contributed by atoms with Crippen molar-refractivity contribution in [2.24, 2.45) is 4.99 Å². The van der Waals surface area contributed by atoms with Crippen LogP contribution in [0.4, 0.5) is 0 Å². The Morgan fingerprint density at radius 2 is 2.11 bits per heavy atom. The second kappa shape index (κ2) is 10.4. The van der Waals surface area contributed by atoms with Crippen LogP contribution in [0.25, 0.3) is 0 Å². The molecule has 19 heavy (non-hydrogen) atoms. The minimum absolute atomic E-state index is 0. The van der Waals surface area contributed by atoms with Crippen molar-refractivity contribution in [2.45, 2.75) is 46.6 Å². The molecular weight excluding hydrogens is 371 g/mol. The highest BCUT2D eigenvalue weighted by Gasteiger charge is 2.05. The predicted molar refractivity (Wildman–Crippen MR) is 94.7 cm³/mol. The van der Waals surface area contributed by atoms with Gasteiger partial charge < -0.3 is 10.6 Å². The molecule has 0 saturated heterocycles. The number of hydrogen-bond acceptors (Lipinski definition) is 3. The third kappa shape index (κ3) is 7.10. The number of nitrogens with one attached hydrogen (secondary N) is 2. The normalized spacial score (nSPS) is 11.3. The van der Waals surface area contributed by atoms with E-state index in [1.165, 1.54) is 0 Å². The van der Waals surface area contributed by atoms with Gasteiger partial charge in [0.15, 0.2) is 5.96 Å². The topological polar surface area (TPSA) is 49.3 Å². The van der Waals surface area contributed by atoms with Gasteiger partial charge in [-0.05, 0) is 19.3 Å². The van der Waals surface area contributed by atoms with Crippen molar-refractivity contribution in [3.8, 4) is 0 Å². The second-order valence-corrected chi connectivity index (χ2v) is 5.39. The van der Waals surface area contributed by atoms with Crippen molar-refractivity contribution in [3.63, 3.8) is 0 Å². The molecule has 0 aliphatic heterocycles. The van der Waals surface area contributed by atoms with Crippen LogP contribution in [-0.4, -0.2) is 24.0 Å². The van der Waals surface area contributed by atoms with Crippen LogP contribution in [0, 0.1) is 0 Å². The summed E-state index contributed by atoms with van der Waals surface area (Å²) in [5.41, 5.74) is 1.16. The van der Waals surface area contributed by atoms with E-state index in [-0.39, 0.29) is 24.0 Å². The number of guanidine groups is 1. The highest BCUT2D eigenvalue weighted by molar-refractivity contribution is 14.0. The maximum Gasteiger partial charge on any atom is 0.191 e. The first-order valence-electron chi connectivity index (χ1n) is 6.63. The summed E-state index contributed by atoms with van der Waals surface area (Å²) in [6, 6.07) is 0. The lowest BCUT2D eigenvalue weighted by atomic mass is 10.2. The Hall–Kier alpha value is -0.370.